The summed E-state index contributed by atoms with van der Waals surface area (Å²) in [6, 6.07) is 0. The summed E-state index contributed by atoms with van der Waals surface area (Å²) >= 11 is 0. The Balaban J connectivity index is 1.96. The smallest absolute Gasteiger partial charge is 0.226 e. The zero-order valence-corrected chi connectivity index (χ0v) is 11.6. The van der Waals surface area contributed by atoms with E-state index < -0.39 is 5.60 Å². The molecule has 1 saturated heterocycles. The van der Waals surface area contributed by atoms with Crippen LogP contribution in [0, 0.1) is 11.8 Å². The summed E-state index contributed by atoms with van der Waals surface area (Å²) in [5.74, 6) is 0.562. The highest BCUT2D eigenvalue weighted by Crippen LogP contribution is 2.39. The molecule has 4 heteroatoms. The molecule has 4 nitrogen and oxygen atoms in total. The monoisotopic (exact) mass is 254 g/mol. The van der Waals surface area contributed by atoms with E-state index in [1.165, 1.54) is 6.42 Å². The molecule has 1 heterocycles. The molecule has 104 valence electrons. The van der Waals surface area contributed by atoms with Gasteiger partial charge in [-0.05, 0) is 26.3 Å². The SMILES string of the molecule is CNCC(C)C(=O)N1CCC2(O)CCCCC2C1. The van der Waals surface area contributed by atoms with Crippen molar-refractivity contribution in [3.8, 4) is 0 Å². The Kier molecular flexibility index (Phi) is 4.28. The number of nitrogens with zero attached hydrogens (tertiary/aromatic N) is 1. The van der Waals surface area contributed by atoms with Gasteiger partial charge in [0.05, 0.1) is 5.60 Å². The van der Waals surface area contributed by atoms with Crippen LogP contribution >= 0.6 is 0 Å². The number of carbonyl (C=O) groups is 1. The maximum Gasteiger partial charge on any atom is 0.226 e. The first-order valence-corrected chi connectivity index (χ1v) is 7.22. The lowest BCUT2D eigenvalue weighted by atomic mass is 9.71. The van der Waals surface area contributed by atoms with E-state index in [1.54, 1.807) is 0 Å². The van der Waals surface area contributed by atoms with Gasteiger partial charge in [-0.1, -0.05) is 19.8 Å². The van der Waals surface area contributed by atoms with Gasteiger partial charge < -0.3 is 15.3 Å². The van der Waals surface area contributed by atoms with Gasteiger partial charge in [0.15, 0.2) is 0 Å². The standard InChI is InChI=1S/C14H26N2O2/c1-11(9-15-2)13(17)16-8-7-14(18)6-4-3-5-12(14)10-16/h11-12,15,18H,3-10H2,1-2H3. The van der Waals surface area contributed by atoms with Crippen molar-refractivity contribution in [2.75, 3.05) is 26.7 Å². The Labute approximate surface area is 110 Å². The highest BCUT2D eigenvalue weighted by atomic mass is 16.3. The molecule has 2 aliphatic rings. The van der Waals surface area contributed by atoms with E-state index in [2.05, 4.69) is 5.32 Å². The van der Waals surface area contributed by atoms with Crippen LogP contribution in [-0.4, -0.2) is 48.2 Å². The molecule has 0 spiro atoms. The normalized spacial score (nSPS) is 33.9. The lowest BCUT2D eigenvalue weighted by molar-refractivity contribution is -0.146. The van der Waals surface area contributed by atoms with Gasteiger partial charge in [0, 0.05) is 31.5 Å². The second-order valence-electron chi connectivity index (χ2n) is 6.04. The molecule has 0 aromatic rings. The predicted octanol–water partition coefficient (Wildman–Crippen LogP) is 0.995. The molecule has 0 aromatic heterocycles. The van der Waals surface area contributed by atoms with Gasteiger partial charge in [-0.25, -0.2) is 0 Å². The molecule has 1 aliphatic carbocycles. The summed E-state index contributed by atoms with van der Waals surface area (Å²) in [6.45, 7) is 4.17. The van der Waals surface area contributed by atoms with Crippen LogP contribution in [0.25, 0.3) is 0 Å². The van der Waals surface area contributed by atoms with E-state index in [4.69, 9.17) is 0 Å². The molecular weight excluding hydrogens is 228 g/mol. The first-order chi connectivity index (χ1) is 8.57. The number of aliphatic hydroxyl groups is 1. The van der Waals surface area contributed by atoms with Crippen LogP contribution in [-0.2, 0) is 4.79 Å². The Bertz CT molecular complexity index is 308. The molecule has 2 N–H and O–H groups in total. The minimum Gasteiger partial charge on any atom is -0.389 e. The van der Waals surface area contributed by atoms with Crippen LogP contribution in [0.15, 0.2) is 0 Å². The molecule has 1 saturated carbocycles. The molecule has 0 aromatic carbocycles. The summed E-state index contributed by atoms with van der Waals surface area (Å²) in [5.41, 5.74) is -0.485. The van der Waals surface area contributed by atoms with Crippen LogP contribution in [0.2, 0.25) is 0 Å². The Morgan fingerprint density at radius 2 is 2.28 bits per heavy atom. The highest BCUT2D eigenvalue weighted by molar-refractivity contribution is 5.78. The van der Waals surface area contributed by atoms with Crippen molar-refractivity contribution in [1.82, 2.24) is 10.2 Å². The maximum atomic E-state index is 12.3. The van der Waals surface area contributed by atoms with Crippen molar-refractivity contribution in [2.24, 2.45) is 11.8 Å². The average molecular weight is 254 g/mol. The zero-order chi connectivity index (χ0) is 13.2. The fourth-order valence-corrected chi connectivity index (χ4v) is 3.48. The van der Waals surface area contributed by atoms with Crippen molar-refractivity contribution in [1.29, 1.82) is 0 Å². The lowest BCUT2D eigenvalue weighted by Gasteiger charge is -2.47. The summed E-state index contributed by atoms with van der Waals surface area (Å²) < 4.78 is 0. The van der Waals surface area contributed by atoms with Crippen LogP contribution in [0.5, 0.6) is 0 Å². The van der Waals surface area contributed by atoms with Gasteiger partial charge in [-0.15, -0.1) is 0 Å². The van der Waals surface area contributed by atoms with Crippen LogP contribution in [0.1, 0.15) is 39.0 Å². The molecule has 1 amide bonds. The van der Waals surface area contributed by atoms with Crippen LogP contribution in [0.4, 0.5) is 0 Å². The van der Waals surface area contributed by atoms with E-state index in [1.807, 2.05) is 18.9 Å². The Hall–Kier alpha value is -0.610. The van der Waals surface area contributed by atoms with Crippen molar-refractivity contribution in [3.05, 3.63) is 0 Å². The number of rotatable bonds is 3. The van der Waals surface area contributed by atoms with Gasteiger partial charge in [-0.2, -0.15) is 0 Å². The number of nitrogens with one attached hydrogen (secondary N) is 1. The first kappa shape index (κ1) is 13.8. The van der Waals surface area contributed by atoms with E-state index in [0.29, 0.717) is 5.92 Å². The Morgan fingerprint density at radius 1 is 1.50 bits per heavy atom. The fraction of sp³-hybridized carbons (Fsp3) is 0.929. The minimum atomic E-state index is -0.485. The number of piperidine rings is 1. The van der Waals surface area contributed by atoms with E-state index in [9.17, 15) is 9.90 Å². The molecule has 1 aliphatic heterocycles. The molecule has 0 bridgehead atoms. The molecule has 0 radical (unpaired) electrons. The lowest BCUT2D eigenvalue weighted by Crippen LogP contribution is -2.55. The second-order valence-corrected chi connectivity index (χ2v) is 6.04. The third-order valence-electron chi connectivity index (χ3n) is 4.67. The third kappa shape index (κ3) is 2.69. The quantitative estimate of drug-likeness (QED) is 0.790. The minimum absolute atomic E-state index is 0.0322. The average Bonchev–Trinajstić information content (AvgIpc) is 2.37. The van der Waals surface area contributed by atoms with Crippen LogP contribution < -0.4 is 5.32 Å². The Morgan fingerprint density at radius 3 is 3.00 bits per heavy atom. The number of amides is 1. The van der Waals surface area contributed by atoms with Gasteiger partial charge >= 0.3 is 0 Å². The number of carbonyl (C=O) groups excluding carboxylic acids is 1. The molecule has 2 fully saturated rings. The number of hydrogen-bond donors (Lipinski definition) is 2. The van der Waals surface area contributed by atoms with Crippen molar-refractivity contribution in [3.63, 3.8) is 0 Å². The van der Waals surface area contributed by atoms with Gasteiger partial charge in [0.1, 0.15) is 0 Å². The summed E-state index contributed by atoms with van der Waals surface area (Å²) in [6.07, 6.45) is 5.08. The predicted molar refractivity (Wildman–Crippen MR) is 71.2 cm³/mol. The zero-order valence-electron chi connectivity index (χ0n) is 11.6. The number of fused-ring (bicyclic) bond motifs is 1. The second kappa shape index (κ2) is 5.57. The summed E-state index contributed by atoms with van der Waals surface area (Å²) in [5, 5.41) is 13.6. The molecule has 3 atom stereocenters. The summed E-state index contributed by atoms with van der Waals surface area (Å²) in [7, 11) is 1.87. The van der Waals surface area contributed by atoms with E-state index >= 15 is 0 Å². The largest absolute Gasteiger partial charge is 0.389 e. The maximum absolute atomic E-state index is 12.3. The van der Waals surface area contributed by atoms with Gasteiger partial charge in [-0.3, -0.25) is 4.79 Å². The van der Waals surface area contributed by atoms with Crippen molar-refractivity contribution >= 4 is 5.91 Å². The topological polar surface area (TPSA) is 52.6 Å². The molecule has 3 unspecified atom stereocenters. The third-order valence-corrected chi connectivity index (χ3v) is 4.67. The van der Waals surface area contributed by atoms with Crippen LogP contribution in [0.3, 0.4) is 0 Å². The van der Waals surface area contributed by atoms with Gasteiger partial charge in [0.2, 0.25) is 5.91 Å². The van der Waals surface area contributed by atoms with Crippen molar-refractivity contribution in [2.45, 2.75) is 44.6 Å². The van der Waals surface area contributed by atoms with E-state index in [-0.39, 0.29) is 11.8 Å². The molecule has 18 heavy (non-hydrogen) atoms. The van der Waals surface area contributed by atoms with E-state index in [0.717, 1.165) is 45.3 Å². The van der Waals surface area contributed by atoms with Crippen molar-refractivity contribution < 1.29 is 9.90 Å². The fourth-order valence-electron chi connectivity index (χ4n) is 3.48. The summed E-state index contributed by atoms with van der Waals surface area (Å²) in [4.78, 5) is 14.2. The molecular formula is C14H26N2O2. The highest BCUT2D eigenvalue weighted by Gasteiger charge is 2.44. The molecule has 2 rings (SSSR count). The number of likely N-dealkylation sites (tertiary alicyclic amines) is 1. The first-order valence-electron chi connectivity index (χ1n) is 7.22. The number of hydrogen-bond acceptors (Lipinski definition) is 3. The van der Waals surface area contributed by atoms with Gasteiger partial charge in [0.25, 0.3) is 0 Å².